The summed E-state index contributed by atoms with van der Waals surface area (Å²) in [5.41, 5.74) is 0.422. The number of carbonyl (C=O) groups is 1. The summed E-state index contributed by atoms with van der Waals surface area (Å²) in [5, 5.41) is 5.75. The molecule has 1 aromatic rings. The molecule has 0 aliphatic carbocycles. The number of hydrogen-bond acceptors (Lipinski definition) is 3. The molecule has 0 saturated carbocycles. The molecular weight excluding hydrogens is 197 g/mol. The molecule has 2 N–H and O–H groups in total. The Hall–Kier alpha value is -1.65. The van der Waals surface area contributed by atoms with Gasteiger partial charge in [-0.1, -0.05) is 0 Å². The van der Waals surface area contributed by atoms with Gasteiger partial charge in [0.15, 0.2) is 5.82 Å². The van der Waals surface area contributed by atoms with Crippen LogP contribution in [-0.2, 0) is 4.79 Å². The van der Waals surface area contributed by atoms with E-state index in [1.165, 1.54) is 6.20 Å². The Labute approximate surface area is 86.9 Å². The predicted octanol–water partition coefficient (Wildman–Crippen LogP) is 0.911. The maximum atomic E-state index is 13.1. The fourth-order valence-corrected chi connectivity index (χ4v) is 1.58. The molecule has 0 aromatic carbocycles. The van der Waals surface area contributed by atoms with E-state index in [2.05, 4.69) is 15.6 Å². The summed E-state index contributed by atoms with van der Waals surface area (Å²) in [6.07, 6.45) is 4.05. The number of anilines is 1. The van der Waals surface area contributed by atoms with Crippen LogP contribution < -0.4 is 10.6 Å². The summed E-state index contributed by atoms with van der Waals surface area (Å²) in [6.45, 7) is 0.548. The molecule has 0 unspecified atom stereocenters. The molecule has 2 heterocycles. The lowest BCUT2D eigenvalue weighted by molar-refractivity contribution is -0.119. The summed E-state index contributed by atoms with van der Waals surface area (Å²) in [6, 6.07) is 1.68. The highest BCUT2D eigenvalue weighted by molar-refractivity contribution is 5.78. The minimum Gasteiger partial charge on any atom is -0.381 e. The van der Waals surface area contributed by atoms with Crippen LogP contribution in [0.4, 0.5) is 10.1 Å². The topological polar surface area (TPSA) is 54.0 Å². The van der Waals surface area contributed by atoms with E-state index in [-0.39, 0.29) is 17.8 Å². The van der Waals surface area contributed by atoms with Crippen LogP contribution in [0.15, 0.2) is 18.5 Å². The number of halogens is 1. The summed E-state index contributed by atoms with van der Waals surface area (Å²) < 4.78 is 13.1. The normalized spacial score (nSPS) is 20.1. The van der Waals surface area contributed by atoms with Gasteiger partial charge in [0.1, 0.15) is 0 Å². The van der Waals surface area contributed by atoms with Crippen molar-refractivity contribution in [2.24, 2.45) is 0 Å². The molecule has 15 heavy (non-hydrogen) atoms. The lowest BCUT2D eigenvalue weighted by atomic mass is 10.2. The van der Waals surface area contributed by atoms with Crippen LogP contribution in [0.5, 0.6) is 0 Å². The average Bonchev–Trinajstić information content (AvgIpc) is 2.63. The molecule has 0 spiro atoms. The fourth-order valence-electron chi connectivity index (χ4n) is 1.58. The SMILES string of the molecule is O=C1CC[C@H](CNc2ccncc2F)N1. The molecular formula is C10H12FN3O. The van der Waals surface area contributed by atoms with Crippen molar-refractivity contribution in [3.05, 3.63) is 24.3 Å². The monoisotopic (exact) mass is 209 g/mol. The van der Waals surface area contributed by atoms with E-state index >= 15 is 0 Å². The predicted molar refractivity (Wildman–Crippen MR) is 53.8 cm³/mol. The first kappa shape index (κ1) is 9.89. The first-order chi connectivity index (χ1) is 7.25. The lowest BCUT2D eigenvalue weighted by Gasteiger charge is -2.12. The van der Waals surface area contributed by atoms with Crippen molar-refractivity contribution >= 4 is 11.6 Å². The van der Waals surface area contributed by atoms with Gasteiger partial charge in [0.2, 0.25) is 5.91 Å². The Bertz CT molecular complexity index is 369. The van der Waals surface area contributed by atoms with Crippen molar-refractivity contribution in [2.75, 3.05) is 11.9 Å². The molecule has 0 bridgehead atoms. The van der Waals surface area contributed by atoms with Crippen molar-refractivity contribution in [3.8, 4) is 0 Å². The quantitative estimate of drug-likeness (QED) is 0.778. The third-order valence-electron chi connectivity index (χ3n) is 2.40. The number of nitrogens with zero attached hydrogens (tertiary/aromatic N) is 1. The van der Waals surface area contributed by atoms with Gasteiger partial charge in [-0.2, -0.15) is 0 Å². The summed E-state index contributed by atoms with van der Waals surface area (Å²) >= 11 is 0. The highest BCUT2D eigenvalue weighted by Gasteiger charge is 2.20. The van der Waals surface area contributed by atoms with Gasteiger partial charge in [0, 0.05) is 25.2 Å². The number of nitrogens with one attached hydrogen (secondary N) is 2. The van der Waals surface area contributed by atoms with E-state index in [0.717, 1.165) is 12.6 Å². The Morgan fingerprint density at radius 2 is 2.53 bits per heavy atom. The first-order valence-electron chi connectivity index (χ1n) is 4.88. The second kappa shape index (κ2) is 4.25. The minimum atomic E-state index is -0.373. The molecule has 5 heteroatoms. The number of carbonyl (C=O) groups excluding carboxylic acids is 1. The molecule has 2 rings (SSSR count). The van der Waals surface area contributed by atoms with Crippen LogP contribution in [0.3, 0.4) is 0 Å². The summed E-state index contributed by atoms with van der Waals surface area (Å²) in [4.78, 5) is 14.6. The van der Waals surface area contributed by atoms with Gasteiger partial charge >= 0.3 is 0 Å². The van der Waals surface area contributed by atoms with Gasteiger partial charge < -0.3 is 10.6 Å². The van der Waals surface area contributed by atoms with Gasteiger partial charge in [-0.05, 0) is 12.5 Å². The molecule has 1 amide bonds. The van der Waals surface area contributed by atoms with Crippen molar-refractivity contribution in [1.29, 1.82) is 0 Å². The molecule has 1 saturated heterocycles. The van der Waals surface area contributed by atoms with Crippen LogP contribution in [0.1, 0.15) is 12.8 Å². The Morgan fingerprint density at radius 3 is 3.20 bits per heavy atom. The minimum absolute atomic E-state index is 0.0667. The zero-order valence-corrected chi connectivity index (χ0v) is 8.16. The van der Waals surface area contributed by atoms with Crippen molar-refractivity contribution < 1.29 is 9.18 Å². The van der Waals surface area contributed by atoms with Crippen LogP contribution in [-0.4, -0.2) is 23.5 Å². The fraction of sp³-hybridized carbons (Fsp3) is 0.400. The maximum absolute atomic E-state index is 13.1. The Balaban J connectivity index is 1.88. The van der Waals surface area contributed by atoms with E-state index in [0.29, 0.717) is 18.7 Å². The molecule has 80 valence electrons. The van der Waals surface area contributed by atoms with Gasteiger partial charge in [-0.3, -0.25) is 9.78 Å². The van der Waals surface area contributed by atoms with E-state index in [4.69, 9.17) is 0 Å². The van der Waals surface area contributed by atoms with Crippen LogP contribution in [0.25, 0.3) is 0 Å². The van der Waals surface area contributed by atoms with Gasteiger partial charge in [0.25, 0.3) is 0 Å². The second-order valence-corrected chi connectivity index (χ2v) is 3.54. The van der Waals surface area contributed by atoms with Crippen molar-refractivity contribution in [1.82, 2.24) is 10.3 Å². The number of aromatic nitrogens is 1. The molecule has 1 fully saturated rings. The molecule has 1 aliphatic rings. The average molecular weight is 209 g/mol. The number of hydrogen-bond donors (Lipinski definition) is 2. The summed E-state index contributed by atoms with van der Waals surface area (Å²) in [7, 11) is 0. The lowest BCUT2D eigenvalue weighted by Crippen LogP contribution is -2.31. The van der Waals surface area contributed by atoms with E-state index < -0.39 is 0 Å². The van der Waals surface area contributed by atoms with Crippen LogP contribution in [0, 0.1) is 5.82 Å². The van der Waals surface area contributed by atoms with E-state index in [9.17, 15) is 9.18 Å². The molecule has 0 radical (unpaired) electrons. The number of pyridine rings is 1. The highest BCUT2D eigenvalue weighted by Crippen LogP contribution is 2.12. The zero-order chi connectivity index (χ0) is 10.7. The van der Waals surface area contributed by atoms with Crippen molar-refractivity contribution in [2.45, 2.75) is 18.9 Å². The molecule has 1 aromatic heterocycles. The second-order valence-electron chi connectivity index (χ2n) is 3.54. The molecule has 4 nitrogen and oxygen atoms in total. The third kappa shape index (κ3) is 2.43. The number of rotatable bonds is 3. The van der Waals surface area contributed by atoms with Crippen LogP contribution in [0.2, 0.25) is 0 Å². The Morgan fingerprint density at radius 1 is 1.67 bits per heavy atom. The molecule has 1 aliphatic heterocycles. The van der Waals surface area contributed by atoms with E-state index in [1.807, 2.05) is 0 Å². The van der Waals surface area contributed by atoms with E-state index in [1.54, 1.807) is 6.07 Å². The maximum Gasteiger partial charge on any atom is 0.220 e. The van der Waals surface area contributed by atoms with Gasteiger partial charge in [-0.25, -0.2) is 4.39 Å². The summed E-state index contributed by atoms with van der Waals surface area (Å²) in [5.74, 6) is -0.307. The van der Waals surface area contributed by atoms with Crippen molar-refractivity contribution in [3.63, 3.8) is 0 Å². The highest BCUT2D eigenvalue weighted by atomic mass is 19.1. The van der Waals surface area contributed by atoms with Gasteiger partial charge in [-0.15, -0.1) is 0 Å². The Kier molecular flexibility index (Phi) is 2.80. The molecule has 1 atom stereocenters. The zero-order valence-electron chi connectivity index (χ0n) is 8.16. The largest absolute Gasteiger partial charge is 0.381 e. The van der Waals surface area contributed by atoms with Crippen LogP contribution >= 0.6 is 0 Å². The third-order valence-corrected chi connectivity index (χ3v) is 2.40. The smallest absolute Gasteiger partial charge is 0.220 e. The van der Waals surface area contributed by atoms with Gasteiger partial charge in [0.05, 0.1) is 11.9 Å². The number of amides is 1. The first-order valence-corrected chi connectivity index (χ1v) is 4.88. The standard InChI is InChI=1S/C10H12FN3O/c11-8-6-12-4-3-9(8)13-5-7-1-2-10(15)14-7/h3-4,6-7H,1-2,5H2,(H,12,13)(H,14,15)/t7-/m1/s1.